The lowest BCUT2D eigenvalue weighted by atomic mass is 9.92. The minimum atomic E-state index is -0.383. The normalized spacial score (nSPS) is 18.7. The molecule has 0 radical (unpaired) electrons. The highest BCUT2D eigenvalue weighted by molar-refractivity contribution is 5.96. The minimum absolute atomic E-state index is 0.0187. The second kappa shape index (κ2) is 7.70. The van der Waals surface area contributed by atoms with E-state index in [1.165, 1.54) is 0 Å². The molecule has 0 spiro atoms. The van der Waals surface area contributed by atoms with Crippen LogP contribution in [0.3, 0.4) is 0 Å². The Hall–Kier alpha value is -2.33. The van der Waals surface area contributed by atoms with Crippen LogP contribution in [-0.2, 0) is 0 Å². The fourth-order valence-electron chi connectivity index (χ4n) is 3.46. The van der Waals surface area contributed by atoms with E-state index >= 15 is 0 Å². The van der Waals surface area contributed by atoms with Crippen molar-refractivity contribution in [2.24, 2.45) is 5.92 Å². The summed E-state index contributed by atoms with van der Waals surface area (Å²) >= 11 is 0. The van der Waals surface area contributed by atoms with Gasteiger partial charge in [-0.05, 0) is 43.5 Å². The third-order valence-electron chi connectivity index (χ3n) is 4.96. The first-order chi connectivity index (χ1) is 12.1. The quantitative estimate of drug-likeness (QED) is 0.926. The number of nitrogens with zero attached hydrogens (tertiary/aromatic N) is 1. The molecule has 1 N–H and O–H groups in total. The average Bonchev–Trinajstić information content (AvgIpc) is 2.67. The number of ether oxygens (including phenoxy) is 1. The lowest BCUT2D eigenvalue weighted by Gasteiger charge is -2.34. The zero-order valence-corrected chi connectivity index (χ0v) is 14.8. The third kappa shape index (κ3) is 3.85. The summed E-state index contributed by atoms with van der Waals surface area (Å²) in [7, 11) is 1.64. The van der Waals surface area contributed by atoms with E-state index in [9.17, 15) is 9.90 Å². The smallest absolute Gasteiger partial charge is 0.253 e. The summed E-state index contributed by atoms with van der Waals surface area (Å²) in [5, 5.41) is 9.85. The van der Waals surface area contributed by atoms with Gasteiger partial charge >= 0.3 is 0 Å². The molecule has 3 rings (SSSR count). The van der Waals surface area contributed by atoms with Gasteiger partial charge in [0, 0.05) is 30.1 Å². The fourth-order valence-corrected chi connectivity index (χ4v) is 3.46. The summed E-state index contributed by atoms with van der Waals surface area (Å²) < 4.78 is 5.47. The number of hydrogen-bond acceptors (Lipinski definition) is 3. The Balaban J connectivity index is 1.88. The number of amides is 1. The molecule has 0 saturated carbocycles. The predicted octanol–water partition coefficient (Wildman–Crippen LogP) is 3.60. The molecular weight excluding hydrogens is 314 g/mol. The van der Waals surface area contributed by atoms with Crippen LogP contribution < -0.4 is 4.74 Å². The number of methoxy groups -OCH3 is 1. The summed E-state index contributed by atoms with van der Waals surface area (Å²) in [6, 6.07) is 15.5. The van der Waals surface area contributed by atoms with Gasteiger partial charge in [0.1, 0.15) is 5.75 Å². The molecule has 1 amide bonds. The van der Waals surface area contributed by atoms with Gasteiger partial charge in [0.05, 0.1) is 13.2 Å². The van der Waals surface area contributed by atoms with Crippen molar-refractivity contribution in [1.82, 2.24) is 4.90 Å². The van der Waals surface area contributed by atoms with Crippen LogP contribution in [0.4, 0.5) is 0 Å². The van der Waals surface area contributed by atoms with Crippen LogP contribution in [0.1, 0.15) is 30.1 Å². The molecule has 0 aromatic heterocycles. The van der Waals surface area contributed by atoms with Crippen LogP contribution in [0.15, 0.2) is 48.5 Å². The number of rotatable bonds is 4. The Morgan fingerprint density at radius 2 is 2.00 bits per heavy atom. The number of carbonyl (C=O) groups excluding carboxylic acids is 1. The third-order valence-corrected chi connectivity index (χ3v) is 4.96. The van der Waals surface area contributed by atoms with Crippen molar-refractivity contribution in [1.29, 1.82) is 0 Å². The Morgan fingerprint density at radius 1 is 1.24 bits per heavy atom. The first-order valence-electron chi connectivity index (χ1n) is 8.81. The lowest BCUT2D eigenvalue weighted by Crippen LogP contribution is -2.42. The summed E-state index contributed by atoms with van der Waals surface area (Å²) in [5.74, 6) is 0.929. The SMILES string of the molecule is COc1ccc(C(=O)N2CCCC(C(C)O)C2)cc1-c1ccccc1. The molecule has 2 aromatic carbocycles. The molecule has 0 bridgehead atoms. The van der Waals surface area contributed by atoms with E-state index < -0.39 is 0 Å². The van der Waals surface area contributed by atoms with Gasteiger partial charge in [-0.15, -0.1) is 0 Å². The van der Waals surface area contributed by atoms with Crippen molar-refractivity contribution in [3.8, 4) is 16.9 Å². The molecule has 25 heavy (non-hydrogen) atoms. The maximum absolute atomic E-state index is 13.0. The zero-order chi connectivity index (χ0) is 17.8. The van der Waals surface area contributed by atoms with Gasteiger partial charge in [0.2, 0.25) is 0 Å². The van der Waals surface area contributed by atoms with Gasteiger partial charge in [-0.3, -0.25) is 4.79 Å². The topological polar surface area (TPSA) is 49.8 Å². The monoisotopic (exact) mass is 339 g/mol. The van der Waals surface area contributed by atoms with Crippen molar-refractivity contribution in [2.45, 2.75) is 25.9 Å². The number of carbonyl (C=O) groups is 1. The van der Waals surface area contributed by atoms with Crippen LogP contribution in [0, 0.1) is 5.92 Å². The number of aliphatic hydroxyl groups excluding tert-OH is 1. The fraction of sp³-hybridized carbons (Fsp3) is 0.381. The van der Waals surface area contributed by atoms with Crippen molar-refractivity contribution in [3.63, 3.8) is 0 Å². The van der Waals surface area contributed by atoms with Gasteiger partial charge in [0.25, 0.3) is 5.91 Å². The number of aliphatic hydroxyl groups is 1. The molecular formula is C21H25NO3. The van der Waals surface area contributed by atoms with Gasteiger partial charge < -0.3 is 14.7 Å². The van der Waals surface area contributed by atoms with E-state index in [-0.39, 0.29) is 17.9 Å². The van der Waals surface area contributed by atoms with Gasteiger partial charge in [-0.1, -0.05) is 30.3 Å². The summed E-state index contributed by atoms with van der Waals surface area (Å²) in [4.78, 5) is 14.8. The van der Waals surface area contributed by atoms with E-state index in [1.807, 2.05) is 53.4 Å². The molecule has 1 heterocycles. The van der Waals surface area contributed by atoms with Crippen molar-refractivity contribution >= 4 is 5.91 Å². The number of likely N-dealkylation sites (tertiary alicyclic amines) is 1. The Morgan fingerprint density at radius 3 is 2.68 bits per heavy atom. The summed E-state index contributed by atoms with van der Waals surface area (Å²) in [6.07, 6.45) is 1.52. The van der Waals surface area contributed by atoms with E-state index in [0.29, 0.717) is 12.1 Å². The van der Waals surface area contributed by atoms with Crippen LogP contribution in [0.25, 0.3) is 11.1 Å². The van der Waals surface area contributed by atoms with E-state index in [2.05, 4.69) is 0 Å². The van der Waals surface area contributed by atoms with E-state index in [4.69, 9.17) is 4.74 Å². The predicted molar refractivity (Wildman–Crippen MR) is 98.7 cm³/mol. The molecule has 2 atom stereocenters. The lowest BCUT2D eigenvalue weighted by molar-refractivity contribution is 0.0466. The largest absolute Gasteiger partial charge is 0.496 e. The van der Waals surface area contributed by atoms with Crippen LogP contribution in [-0.4, -0.2) is 42.2 Å². The van der Waals surface area contributed by atoms with E-state index in [1.54, 1.807) is 14.0 Å². The second-order valence-corrected chi connectivity index (χ2v) is 6.68. The molecule has 1 aliphatic heterocycles. The first kappa shape index (κ1) is 17.5. The maximum Gasteiger partial charge on any atom is 0.253 e. The Kier molecular flexibility index (Phi) is 5.39. The molecule has 2 aromatic rings. The van der Waals surface area contributed by atoms with Gasteiger partial charge in [-0.25, -0.2) is 0 Å². The molecule has 0 aliphatic carbocycles. The molecule has 4 nitrogen and oxygen atoms in total. The van der Waals surface area contributed by atoms with Crippen molar-refractivity contribution in [3.05, 3.63) is 54.1 Å². The average molecular weight is 339 g/mol. The Bertz CT molecular complexity index is 727. The van der Waals surface area contributed by atoms with Gasteiger partial charge in [-0.2, -0.15) is 0 Å². The molecule has 132 valence electrons. The van der Waals surface area contributed by atoms with Crippen molar-refractivity contribution < 1.29 is 14.6 Å². The molecule has 1 aliphatic rings. The molecule has 1 saturated heterocycles. The highest BCUT2D eigenvalue weighted by atomic mass is 16.5. The van der Waals surface area contributed by atoms with Crippen LogP contribution in [0.2, 0.25) is 0 Å². The zero-order valence-electron chi connectivity index (χ0n) is 14.8. The highest BCUT2D eigenvalue weighted by Gasteiger charge is 2.27. The maximum atomic E-state index is 13.0. The first-order valence-corrected chi connectivity index (χ1v) is 8.81. The number of piperidine rings is 1. The molecule has 1 fully saturated rings. The number of hydrogen-bond donors (Lipinski definition) is 1. The summed E-state index contributed by atoms with van der Waals surface area (Å²) in [6.45, 7) is 3.16. The summed E-state index contributed by atoms with van der Waals surface area (Å²) in [5.41, 5.74) is 2.60. The molecule has 2 unspecified atom stereocenters. The van der Waals surface area contributed by atoms with Gasteiger partial charge in [0.15, 0.2) is 0 Å². The minimum Gasteiger partial charge on any atom is -0.496 e. The highest BCUT2D eigenvalue weighted by Crippen LogP contribution is 2.31. The number of benzene rings is 2. The van der Waals surface area contributed by atoms with Crippen LogP contribution >= 0.6 is 0 Å². The standard InChI is InChI=1S/C21H25NO3/c1-15(23)18-9-6-12-22(14-18)21(24)17-10-11-20(25-2)19(13-17)16-7-4-3-5-8-16/h3-5,7-8,10-11,13,15,18,23H,6,9,12,14H2,1-2H3. The second-order valence-electron chi connectivity index (χ2n) is 6.68. The van der Waals surface area contributed by atoms with Crippen molar-refractivity contribution in [2.75, 3.05) is 20.2 Å². The Labute approximate surface area is 149 Å². The van der Waals surface area contributed by atoms with E-state index in [0.717, 1.165) is 36.3 Å². The van der Waals surface area contributed by atoms with Crippen LogP contribution in [0.5, 0.6) is 5.75 Å². The molecule has 4 heteroatoms.